The number of fused-ring (bicyclic) bond motifs is 1. The number of imidazole rings is 1. The van der Waals surface area contributed by atoms with E-state index in [-0.39, 0.29) is 6.61 Å². The maximum Gasteiger partial charge on any atom is 0.193 e. The quantitative estimate of drug-likeness (QED) is 0.803. The molecule has 0 aliphatic carbocycles. The number of rotatable bonds is 4. The first-order valence-corrected chi connectivity index (χ1v) is 7.03. The summed E-state index contributed by atoms with van der Waals surface area (Å²) in [5.74, 6) is 0.0773. The van der Waals surface area contributed by atoms with E-state index in [1.807, 2.05) is 22.2 Å². The zero-order valence-corrected chi connectivity index (χ0v) is 11.6. The molecular formula is C14H13FN2O2S. The van der Waals surface area contributed by atoms with Gasteiger partial charge in [-0.15, -0.1) is 11.3 Å². The first-order valence-electron chi connectivity index (χ1n) is 6.15. The maximum absolute atomic E-state index is 13.2. The van der Waals surface area contributed by atoms with Crippen molar-refractivity contribution in [3.8, 4) is 5.75 Å². The zero-order valence-electron chi connectivity index (χ0n) is 10.8. The van der Waals surface area contributed by atoms with Gasteiger partial charge in [-0.3, -0.25) is 4.40 Å². The maximum atomic E-state index is 13.2. The SMILES string of the molecule is C[C@@H](O)c1cc(F)ccc1OCc1cn2ccsc2n1. The highest BCUT2D eigenvalue weighted by Crippen LogP contribution is 2.26. The predicted octanol–water partition coefficient (Wildman–Crippen LogP) is 3.17. The number of halogens is 1. The highest BCUT2D eigenvalue weighted by molar-refractivity contribution is 7.15. The number of aliphatic hydroxyl groups excluding tert-OH is 1. The lowest BCUT2D eigenvalue weighted by Crippen LogP contribution is -2.01. The van der Waals surface area contributed by atoms with Gasteiger partial charge in [0.2, 0.25) is 0 Å². The molecule has 0 unspecified atom stereocenters. The van der Waals surface area contributed by atoms with Crippen molar-refractivity contribution in [1.29, 1.82) is 0 Å². The Bertz CT molecular complexity index is 707. The van der Waals surface area contributed by atoms with Crippen LogP contribution in [0.3, 0.4) is 0 Å². The molecule has 0 saturated heterocycles. The minimum Gasteiger partial charge on any atom is -0.487 e. The highest BCUT2D eigenvalue weighted by atomic mass is 32.1. The summed E-state index contributed by atoms with van der Waals surface area (Å²) in [5.41, 5.74) is 1.23. The standard InChI is InChI=1S/C14H13FN2O2S/c1-9(18)12-6-10(15)2-3-13(12)19-8-11-7-17-4-5-20-14(17)16-11/h2-7,9,18H,8H2,1H3/t9-/m1/s1. The van der Waals surface area contributed by atoms with E-state index in [4.69, 9.17) is 4.74 Å². The van der Waals surface area contributed by atoms with Crippen LogP contribution in [-0.4, -0.2) is 14.5 Å². The van der Waals surface area contributed by atoms with Gasteiger partial charge in [-0.2, -0.15) is 0 Å². The van der Waals surface area contributed by atoms with E-state index >= 15 is 0 Å². The fourth-order valence-corrected chi connectivity index (χ4v) is 2.69. The van der Waals surface area contributed by atoms with Crippen LogP contribution in [0.15, 0.2) is 36.0 Å². The molecule has 1 aromatic carbocycles. The molecule has 104 valence electrons. The fraction of sp³-hybridized carbons (Fsp3) is 0.214. The number of thiazole rings is 1. The molecule has 0 radical (unpaired) electrons. The van der Waals surface area contributed by atoms with Crippen LogP contribution in [-0.2, 0) is 6.61 Å². The molecule has 0 bridgehead atoms. The average molecular weight is 292 g/mol. The van der Waals surface area contributed by atoms with Crippen LogP contribution in [0, 0.1) is 5.82 Å². The minimum atomic E-state index is -0.786. The molecule has 6 heteroatoms. The molecule has 0 spiro atoms. The van der Waals surface area contributed by atoms with Gasteiger partial charge >= 0.3 is 0 Å². The van der Waals surface area contributed by atoms with E-state index in [0.29, 0.717) is 11.3 Å². The van der Waals surface area contributed by atoms with Gasteiger partial charge < -0.3 is 9.84 Å². The van der Waals surface area contributed by atoms with Gasteiger partial charge in [-0.25, -0.2) is 9.37 Å². The third-order valence-electron chi connectivity index (χ3n) is 2.94. The molecule has 0 amide bonds. The summed E-state index contributed by atoms with van der Waals surface area (Å²) in [7, 11) is 0. The second-order valence-electron chi connectivity index (χ2n) is 4.47. The van der Waals surface area contributed by atoms with Gasteiger partial charge in [0.05, 0.1) is 11.8 Å². The Morgan fingerprint density at radius 2 is 2.35 bits per heavy atom. The van der Waals surface area contributed by atoms with Gasteiger partial charge in [0.15, 0.2) is 4.96 Å². The number of hydrogen-bond donors (Lipinski definition) is 1. The summed E-state index contributed by atoms with van der Waals surface area (Å²) < 4.78 is 20.7. The third kappa shape index (κ3) is 2.52. The normalized spacial score (nSPS) is 12.8. The van der Waals surface area contributed by atoms with Gasteiger partial charge in [0, 0.05) is 23.3 Å². The molecule has 1 atom stereocenters. The van der Waals surface area contributed by atoms with E-state index in [9.17, 15) is 9.50 Å². The number of benzene rings is 1. The summed E-state index contributed by atoms with van der Waals surface area (Å²) >= 11 is 1.55. The number of nitrogens with zero attached hydrogens (tertiary/aromatic N) is 2. The Kier molecular flexibility index (Phi) is 3.42. The van der Waals surface area contributed by atoms with Crippen molar-refractivity contribution in [2.24, 2.45) is 0 Å². The Hall–Kier alpha value is -1.92. The molecule has 3 aromatic rings. The van der Waals surface area contributed by atoms with Crippen molar-refractivity contribution in [3.05, 3.63) is 53.0 Å². The van der Waals surface area contributed by atoms with Crippen molar-refractivity contribution < 1.29 is 14.2 Å². The molecule has 2 aromatic heterocycles. The molecule has 0 fully saturated rings. The number of aliphatic hydroxyl groups is 1. The number of ether oxygens (including phenoxy) is 1. The first-order chi connectivity index (χ1) is 9.63. The Morgan fingerprint density at radius 3 is 3.10 bits per heavy atom. The van der Waals surface area contributed by atoms with Crippen molar-refractivity contribution >= 4 is 16.3 Å². The third-order valence-corrected chi connectivity index (χ3v) is 3.71. The van der Waals surface area contributed by atoms with Crippen molar-refractivity contribution in [2.45, 2.75) is 19.6 Å². The lowest BCUT2D eigenvalue weighted by atomic mass is 10.1. The van der Waals surface area contributed by atoms with E-state index < -0.39 is 11.9 Å². The van der Waals surface area contributed by atoms with Crippen LogP contribution < -0.4 is 4.74 Å². The fourth-order valence-electron chi connectivity index (χ4n) is 1.97. The second kappa shape index (κ2) is 5.22. The van der Waals surface area contributed by atoms with Crippen LogP contribution in [0.4, 0.5) is 4.39 Å². The summed E-state index contributed by atoms with van der Waals surface area (Å²) in [6.45, 7) is 1.86. The van der Waals surface area contributed by atoms with Crippen molar-refractivity contribution in [3.63, 3.8) is 0 Å². The van der Waals surface area contributed by atoms with E-state index in [1.165, 1.54) is 18.2 Å². The zero-order chi connectivity index (χ0) is 14.1. The van der Waals surface area contributed by atoms with Crippen LogP contribution in [0.25, 0.3) is 4.96 Å². The smallest absolute Gasteiger partial charge is 0.193 e. The summed E-state index contributed by atoms with van der Waals surface area (Å²) in [5, 5.41) is 11.6. The molecule has 1 N–H and O–H groups in total. The van der Waals surface area contributed by atoms with Crippen LogP contribution in [0.1, 0.15) is 24.3 Å². The average Bonchev–Trinajstić information content (AvgIpc) is 2.97. The molecule has 3 rings (SSSR count). The molecule has 0 saturated carbocycles. The van der Waals surface area contributed by atoms with Crippen molar-refractivity contribution in [2.75, 3.05) is 0 Å². The van der Waals surface area contributed by atoms with Gasteiger partial charge in [-0.1, -0.05) is 0 Å². The largest absolute Gasteiger partial charge is 0.487 e. The second-order valence-corrected chi connectivity index (χ2v) is 5.34. The van der Waals surface area contributed by atoms with Crippen LogP contribution in [0.5, 0.6) is 5.75 Å². The Labute approximate surface area is 119 Å². The van der Waals surface area contributed by atoms with E-state index in [2.05, 4.69) is 4.98 Å². The molecule has 0 aliphatic heterocycles. The Morgan fingerprint density at radius 1 is 1.50 bits per heavy atom. The van der Waals surface area contributed by atoms with E-state index in [0.717, 1.165) is 10.7 Å². The number of aromatic nitrogens is 2. The van der Waals surface area contributed by atoms with E-state index in [1.54, 1.807) is 18.3 Å². The van der Waals surface area contributed by atoms with Crippen LogP contribution in [0.2, 0.25) is 0 Å². The van der Waals surface area contributed by atoms with Gasteiger partial charge in [0.25, 0.3) is 0 Å². The highest BCUT2D eigenvalue weighted by Gasteiger charge is 2.11. The van der Waals surface area contributed by atoms with Crippen molar-refractivity contribution in [1.82, 2.24) is 9.38 Å². The van der Waals surface area contributed by atoms with Gasteiger partial charge in [-0.05, 0) is 25.1 Å². The molecular weight excluding hydrogens is 279 g/mol. The molecule has 0 aliphatic rings. The van der Waals surface area contributed by atoms with Gasteiger partial charge in [0.1, 0.15) is 18.2 Å². The topological polar surface area (TPSA) is 46.8 Å². The Balaban J connectivity index is 1.79. The summed E-state index contributed by atoms with van der Waals surface area (Å²) in [6, 6.07) is 4.12. The number of hydrogen-bond acceptors (Lipinski definition) is 4. The lowest BCUT2D eigenvalue weighted by Gasteiger charge is -2.12. The molecule has 4 nitrogen and oxygen atoms in total. The first kappa shape index (κ1) is 13.1. The predicted molar refractivity (Wildman–Crippen MR) is 74.4 cm³/mol. The summed E-state index contributed by atoms with van der Waals surface area (Å²) in [6.07, 6.45) is 3.03. The molecule has 20 heavy (non-hydrogen) atoms. The monoisotopic (exact) mass is 292 g/mol. The molecule has 2 heterocycles. The minimum absolute atomic E-state index is 0.278. The summed E-state index contributed by atoms with van der Waals surface area (Å²) in [4.78, 5) is 5.30. The lowest BCUT2D eigenvalue weighted by molar-refractivity contribution is 0.189. The van der Waals surface area contributed by atoms with Crippen LogP contribution >= 0.6 is 11.3 Å².